The van der Waals surface area contributed by atoms with E-state index in [1.54, 1.807) is 10.6 Å². The van der Waals surface area contributed by atoms with Gasteiger partial charge in [-0.1, -0.05) is 35.4 Å². The maximum absolute atomic E-state index is 2.33. The summed E-state index contributed by atoms with van der Waals surface area (Å²) in [7, 11) is 1.29. The molecule has 2 unspecified atom stereocenters. The van der Waals surface area contributed by atoms with Gasteiger partial charge in [0.2, 0.25) is 0 Å². The molecule has 0 bridgehead atoms. The second-order valence-corrected chi connectivity index (χ2v) is 9.26. The first-order chi connectivity index (χ1) is 9.38. The number of benzene rings is 2. The highest BCUT2D eigenvalue weighted by Crippen LogP contribution is 2.39. The summed E-state index contributed by atoms with van der Waals surface area (Å²) in [4.78, 5) is 0. The number of aryl methyl sites for hydroxylation is 6. The lowest BCUT2D eigenvalue weighted by Gasteiger charge is -2.10. The molecule has 2 heteroatoms. The van der Waals surface area contributed by atoms with Crippen LogP contribution in [0.4, 0.5) is 0 Å². The maximum atomic E-state index is 2.33. The zero-order chi connectivity index (χ0) is 14.9. The summed E-state index contributed by atoms with van der Waals surface area (Å²) in [5.41, 5.74) is 8.66. The summed E-state index contributed by atoms with van der Waals surface area (Å²) >= 11 is 0. The van der Waals surface area contributed by atoms with Gasteiger partial charge < -0.3 is 0 Å². The quantitative estimate of drug-likeness (QED) is 0.733. The van der Waals surface area contributed by atoms with Gasteiger partial charge in [-0.3, -0.25) is 0 Å². The van der Waals surface area contributed by atoms with Gasteiger partial charge in [-0.15, -0.1) is 0 Å². The van der Waals surface area contributed by atoms with Gasteiger partial charge in [0.1, 0.15) is 0 Å². The lowest BCUT2D eigenvalue weighted by Crippen LogP contribution is -2.08. The van der Waals surface area contributed by atoms with Gasteiger partial charge in [-0.05, 0) is 63.8 Å². The van der Waals surface area contributed by atoms with Crippen LogP contribution in [0, 0.1) is 41.5 Å². The summed E-state index contributed by atoms with van der Waals surface area (Å²) < 4.78 is 0. The van der Waals surface area contributed by atoms with Crippen molar-refractivity contribution >= 4 is 27.1 Å². The van der Waals surface area contributed by atoms with Crippen LogP contribution in [0.25, 0.3) is 0 Å². The first-order valence-electron chi connectivity index (χ1n) is 7.14. The molecule has 2 aromatic carbocycles. The van der Waals surface area contributed by atoms with Crippen molar-refractivity contribution < 1.29 is 0 Å². The molecular formula is C18H25P2+. The van der Waals surface area contributed by atoms with Crippen molar-refractivity contribution in [2.24, 2.45) is 0 Å². The molecule has 106 valence electrons. The minimum atomic E-state index is 0.341. The molecule has 0 aromatic heterocycles. The average Bonchev–Trinajstić information content (AvgIpc) is 2.30. The Balaban J connectivity index is 2.26. The van der Waals surface area contributed by atoms with Crippen LogP contribution in [0.3, 0.4) is 0 Å². The van der Waals surface area contributed by atoms with E-state index >= 15 is 0 Å². The van der Waals surface area contributed by atoms with Crippen molar-refractivity contribution in [1.82, 2.24) is 0 Å². The molecule has 0 aliphatic rings. The van der Waals surface area contributed by atoms with Gasteiger partial charge >= 0.3 is 0 Å². The fourth-order valence-electron chi connectivity index (χ4n) is 2.97. The van der Waals surface area contributed by atoms with E-state index in [4.69, 9.17) is 0 Å². The van der Waals surface area contributed by atoms with E-state index in [9.17, 15) is 0 Å². The molecule has 0 nitrogen and oxygen atoms in total. The second-order valence-electron chi connectivity index (χ2n) is 5.87. The molecule has 0 saturated heterocycles. The predicted molar refractivity (Wildman–Crippen MR) is 98.6 cm³/mol. The molecule has 0 heterocycles. The van der Waals surface area contributed by atoms with E-state index in [0.29, 0.717) is 8.27 Å². The largest absolute Gasteiger partial charge is 0.0972 e. The van der Waals surface area contributed by atoms with E-state index in [-0.39, 0.29) is 0 Å². The summed E-state index contributed by atoms with van der Waals surface area (Å²) in [6.45, 7) is 13.4. The lowest BCUT2D eigenvalue weighted by atomic mass is 10.1. The van der Waals surface area contributed by atoms with Crippen LogP contribution in [0.15, 0.2) is 24.3 Å². The first kappa shape index (κ1) is 15.7. The first-order valence-corrected chi connectivity index (χ1v) is 10.5. The van der Waals surface area contributed by atoms with Gasteiger partial charge in [-0.2, -0.15) is 0 Å². The molecule has 20 heavy (non-hydrogen) atoms. The molecule has 2 atom stereocenters. The number of hydrogen-bond acceptors (Lipinski definition) is 0. The smallest absolute Gasteiger partial charge is 0.0556 e. The molecule has 0 radical (unpaired) electrons. The number of rotatable bonds is 3. The van der Waals surface area contributed by atoms with Crippen LogP contribution >= 0.6 is 16.5 Å². The van der Waals surface area contributed by atoms with E-state index in [1.807, 2.05) is 0 Å². The Morgan fingerprint density at radius 1 is 0.650 bits per heavy atom. The summed E-state index contributed by atoms with van der Waals surface area (Å²) in [5.74, 6) is 0. The van der Waals surface area contributed by atoms with Crippen molar-refractivity contribution in [3.8, 4) is 0 Å². The molecule has 0 amide bonds. The zero-order valence-electron chi connectivity index (χ0n) is 13.4. The Kier molecular flexibility index (Phi) is 5.00. The van der Waals surface area contributed by atoms with Crippen molar-refractivity contribution in [1.29, 1.82) is 0 Å². The Hall–Kier alpha value is -0.700. The molecular weight excluding hydrogens is 278 g/mol. The van der Waals surface area contributed by atoms with Crippen LogP contribution in [-0.4, -0.2) is 0 Å². The Bertz CT molecular complexity index is 538. The molecule has 0 aliphatic carbocycles. The van der Waals surface area contributed by atoms with Gasteiger partial charge in [0.25, 0.3) is 0 Å². The van der Waals surface area contributed by atoms with Crippen LogP contribution in [0.5, 0.6) is 0 Å². The standard InChI is InChI=1S/C18H24P2/c1-11-7-13(3)17(14(4)8-11)19-20-18-15(5)9-12(2)10-16(18)6/h7-10,19-20H,1-6H3/p+1. The van der Waals surface area contributed by atoms with Gasteiger partial charge in [0, 0.05) is 13.6 Å². The minimum Gasteiger partial charge on any atom is -0.0556 e. The third-order valence-electron chi connectivity index (χ3n) is 3.78. The average molecular weight is 303 g/mol. The Morgan fingerprint density at radius 2 is 1.05 bits per heavy atom. The molecule has 0 aliphatic heterocycles. The van der Waals surface area contributed by atoms with Crippen molar-refractivity contribution in [3.05, 3.63) is 57.6 Å². The topological polar surface area (TPSA) is 0 Å². The minimum absolute atomic E-state index is 0.341. The van der Waals surface area contributed by atoms with Gasteiger partial charge in [-0.25, -0.2) is 0 Å². The third-order valence-corrected chi connectivity index (χ3v) is 8.36. The molecule has 2 rings (SSSR count). The van der Waals surface area contributed by atoms with Crippen LogP contribution in [0.2, 0.25) is 0 Å². The SMILES string of the molecule is Cc1cc(C)c(P[PH2+]c2c(C)cc(C)cc2C)c(C)c1. The fourth-order valence-corrected chi connectivity index (χ4v) is 8.08. The number of hydrogen-bond donors (Lipinski definition) is 0. The van der Waals surface area contributed by atoms with E-state index in [2.05, 4.69) is 65.8 Å². The molecule has 0 saturated carbocycles. The normalized spacial score (nSPS) is 12.1. The van der Waals surface area contributed by atoms with Crippen LogP contribution in [0.1, 0.15) is 33.4 Å². The Labute approximate surface area is 126 Å². The fraction of sp³-hybridized carbons (Fsp3) is 0.333. The molecule has 2 aromatic rings. The highest BCUT2D eigenvalue weighted by molar-refractivity contribution is 8.18. The molecule has 0 fully saturated rings. The van der Waals surface area contributed by atoms with E-state index < -0.39 is 0 Å². The van der Waals surface area contributed by atoms with Crippen molar-refractivity contribution in [2.45, 2.75) is 41.5 Å². The summed E-state index contributed by atoms with van der Waals surface area (Å²) in [6.07, 6.45) is 0. The van der Waals surface area contributed by atoms with Crippen LogP contribution < -0.4 is 10.6 Å². The van der Waals surface area contributed by atoms with E-state index in [0.717, 1.165) is 8.27 Å². The highest BCUT2D eigenvalue weighted by atomic mass is 32.0. The highest BCUT2D eigenvalue weighted by Gasteiger charge is 2.13. The van der Waals surface area contributed by atoms with Crippen LogP contribution in [-0.2, 0) is 0 Å². The molecule has 0 spiro atoms. The van der Waals surface area contributed by atoms with E-state index in [1.165, 1.54) is 33.4 Å². The zero-order valence-corrected chi connectivity index (χ0v) is 15.5. The monoisotopic (exact) mass is 303 g/mol. The van der Waals surface area contributed by atoms with Gasteiger partial charge in [0.05, 0.1) is 13.6 Å². The van der Waals surface area contributed by atoms with Crippen molar-refractivity contribution in [3.63, 3.8) is 0 Å². The van der Waals surface area contributed by atoms with Gasteiger partial charge in [0.15, 0.2) is 0 Å². The summed E-state index contributed by atoms with van der Waals surface area (Å²) in [5, 5.41) is 3.21. The third kappa shape index (κ3) is 3.49. The second kappa shape index (κ2) is 6.38. The predicted octanol–water partition coefficient (Wildman–Crippen LogP) is 4.49. The van der Waals surface area contributed by atoms with Crippen molar-refractivity contribution in [2.75, 3.05) is 0 Å². The maximum Gasteiger partial charge on any atom is 0.0972 e. The lowest BCUT2D eigenvalue weighted by molar-refractivity contribution is 1.35. The molecule has 0 N–H and O–H groups in total. The Morgan fingerprint density at radius 3 is 1.50 bits per heavy atom. The summed E-state index contributed by atoms with van der Waals surface area (Å²) in [6, 6.07) is 9.30.